The monoisotopic (exact) mass is 588 g/mol. The average molecular weight is 589 g/mol. The standard InChI is InChI=1S/C31H43ClN2O3S.C2H6/c1-6-8-23-15-27(32)12-13-28(23)26-18-34(17-25-10-9-21(25)4)29-16-24(11-14-30(29)37-19-26)31(35)33-38(36)22(5)20(3)7-2;1-2/h11-16,20-22,25-26H,6-10,17-19H2,1-5H3,(H,33,35);1-2H3. The summed E-state index contributed by atoms with van der Waals surface area (Å²) in [7, 11) is -1.44. The van der Waals surface area contributed by atoms with Gasteiger partial charge in [0.05, 0.1) is 17.5 Å². The SMILES string of the molecule is CC.CCCc1cc(Cl)ccc1C1COc2ccc(C(=O)NS(=O)C(C)C(C)CC)cc2N(CC2CCC2C)C1. The molecule has 4 rings (SSSR count). The van der Waals surface area contributed by atoms with Crippen molar-refractivity contribution >= 4 is 34.2 Å². The molecule has 0 bridgehead atoms. The van der Waals surface area contributed by atoms with E-state index in [0.29, 0.717) is 24.0 Å². The molecular formula is C33H49ClN2O3S. The van der Waals surface area contributed by atoms with Gasteiger partial charge in [-0.05, 0) is 79.0 Å². The zero-order valence-electron chi connectivity index (χ0n) is 25.5. The normalized spacial score (nSPS) is 22.3. The molecule has 1 amide bonds. The average Bonchev–Trinajstić information content (AvgIpc) is 3.14. The molecule has 2 aliphatic rings. The van der Waals surface area contributed by atoms with E-state index < -0.39 is 11.0 Å². The van der Waals surface area contributed by atoms with Crippen molar-refractivity contribution in [2.45, 2.75) is 91.7 Å². The summed E-state index contributed by atoms with van der Waals surface area (Å²) in [5, 5.41) is 0.660. The van der Waals surface area contributed by atoms with Crippen LogP contribution in [0.4, 0.5) is 5.69 Å². The van der Waals surface area contributed by atoms with Gasteiger partial charge in [-0.2, -0.15) is 0 Å². The summed E-state index contributed by atoms with van der Waals surface area (Å²) in [5.41, 5.74) is 4.05. The highest BCUT2D eigenvalue weighted by molar-refractivity contribution is 7.84. The van der Waals surface area contributed by atoms with E-state index in [2.05, 4.69) is 49.4 Å². The number of nitrogens with one attached hydrogen (secondary N) is 1. The Labute approximate surface area is 250 Å². The molecule has 6 atom stereocenters. The number of hydrogen-bond acceptors (Lipinski definition) is 4. The van der Waals surface area contributed by atoms with Crippen LogP contribution in [0.25, 0.3) is 0 Å². The van der Waals surface area contributed by atoms with E-state index in [1.807, 2.05) is 39.0 Å². The zero-order chi connectivity index (χ0) is 29.4. The second kappa shape index (κ2) is 15.3. The van der Waals surface area contributed by atoms with Crippen molar-refractivity contribution in [3.8, 4) is 5.75 Å². The highest BCUT2D eigenvalue weighted by atomic mass is 35.5. The lowest BCUT2D eigenvalue weighted by Gasteiger charge is -2.39. The number of hydrogen-bond donors (Lipinski definition) is 1. The zero-order valence-corrected chi connectivity index (χ0v) is 27.0. The Morgan fingerprint density at radius 1 is 1.15 bits per heavy atom. The van der Waals surface area contributed by atoms with Crippen molar-refractivity contribution in [3.63, 3.8) is 0 Å². The molecule has 40 heavy (non-hydrogen) atoms. The minimum Gasteiger partial charge on any atom is -0.491 e. The van der Waals surface area contributed by atoms with Gasteiger partial charge in [0.25, 0.3) is 5.91 Å². The van der Waals surface area contributed by atoms with Gasteiger partial charge in [-0.1, -0.05) is 78.5 Å². The summed E-state index contributed by atoms with van der Waals surface area (Å²) in [4.78, 5) is 15.6. The van der Waals surface area contributed by atoms with Gasteiger partial charge in [0.1, 0.15) is 16.7 Å². The first-order valence-corrected chi connectivity index (χ1v) is 16.8. The molecule has 1 N–H and O–H groups in total. The smallest absolute Gasteiger partial charge is 0.263 e. The van der Waals surface area contributed by atoms with Crippen molar-refractivity contribution < 1.29 is 13.7 Å². The van der Waals surface area contributed by atoms with E-state index in [1.165, 1.54) is 24.0 Å². The van der Waals surface area contributed by atoms with E-state index in [0.717, 1.165) is 48.8 Å². The molecule has 2 aromatic rings. The highest BCUT2D eigenvalue weighted by Gasteiger charge is 2.33. The van der Waals surface area contributed by atoms with Crippen molar-refractivity contribution in [1.29, 1.82) is 0 Å². The Bertz CT molecular complexity index is 1160. The fourth-order valence-electron chi connectivity index (χ4n) is 5.53. The molecular weight excluding hydrogens is 540 g/mol. The summed E-state index contributed by atoms with van der Waals surface area (Å²) in [6, 6.07) is 11.9. The summed E-state index contributed by atoms with van der Waals surface area (Å²) < 4.78 is 22.0. The number of ether oxygens (including phenoxy) is 1. The maximum Gasteiger partial charge on any atom is 0.263 e. The summed E-state index contributed by atoms with van der Waals surface area (Å²) >= 11 is 6.36. The van der Waals surface area contributed by atoms with E-state index in [1.54, 1.807) is 6.07 Å². The number of nitrogens with zero attached hydrogens (tertiary/aromatic N) is 1. The number of carbonyl (C=O) groups excluding carboxylic acids is 1. The van der Waals surface area contributed by atoms with Crippen LogP contribution in [0.2, 0.25) is 5.02 Å². The summed E-state index contributed by atoms with van der Waals surface area (Å²) in [5.74, 6) is 2.28. The molecule has 1 saturated carbocycles. The molecule has 0 radical (unpaired) electrons. The molecule has 1 aliphatic heterocycles. The Hall–Kier alpha value is -2.05. The minimum atomic E-state index is -1.44. The number of halogens is 1. The van der Waals surface area contributed by atoms with Crippen LogP contribution in [-0.4, -0.2) is 35.1 Å². The number of amides is 1. The largest absolute Gasteiger partial charge is 0.491 e. The van der Waals surface area contributed by atoms with Crippen LogP contribution in [0.5, 0.6) is 5.75 Å². The van der Waals surface area contributed by atoms with Gasteiger partial charge in [0.15, 0.2) is 0 Å². The quantitative estimate of drug-likeness (QED) is 0.304. The minimum absolute atomic E-state index is 0.109. The van der Waals surface area contributed by atoms with Crippen molar-refractivity contribution in [2.24, 2.45) is 17.8 Å². The van der Waals surface area contributed by atoms with Crippen LogP contribution in [0.15, 0.2) is 36.4 Å². The Kier molecular flexibility index (Phi) is 12.4. The molecule has 2 aromatic carbocycles. The molecule has 222 valence electrons. The second-order valence-electron chi connectivity index (χ2n) is 11.3. The molecule has 1 aliphatic carbocycles. The lowest BCUT2D eigenvalue weighted by molar-refractivity contribution is 0.0982. The maximum absolute atomic E-state index is 13.1. The number of rotatable bonds is 10. The third-order valence-electron chi connectivity index (χ3n) is 8.74. The number of carbonyl (C=O) groups is 1. The molecule has 6 unspecified atom stereocenters. The van der Waals surface area contributed by atoms with Crippen LogP contribution < -0.4 is 14.4 Å². The van der Waals surface area contributed by atoms with Crippen molar-refractivity contribution in [3.05, 3.63) is 58.1 Å². The van der Waals surface area contributed by atoms with Crippen LogP contribution in [0.3, 0.4) is 0 Å². The molecule has 0 aromatic heterocycles. The Morgan fingerprint density at radius 2 is 1.90 bits per heavy atom. The van der Waals surface area contributed by atoms with E-state index in [-0.39, 0.29) is 23.0 Å². The van der Waals surface area contributed by atoms with Crippen LogP contribution >= 0.6 is 11.6 Å². The van der Waals surface area contributed by atoms with Gasteiger partial charge in [0.2, 0.25) is 0 Å². The van der Waals surface area contributed by atoms with Gasteiger partial charge in [-0.25, -0.2) is 4.21 Å². The van der Waals surface area contributed by atoms with Gasteiger partial charge in [0, 0.05) is 29.6 Å². The van der Waals surface area contributed by atoms with Gasteiger partial charge in [-0.3, -0.25) is 9.52 Å². The molecule has 1 fully saturated rings. The summed E-state index contributed by atoms with van der Waals surface area (Å²) in [6.45, 7) is 16.9. The second-order valence-corrected chi connectivity index (χ2v) is 13.3. The first-order valence-electron chi connectivity index (χ1n) is 15.2. The fraction of sp³-hybridized carbons (Fsp3) is 0.606. The lowest BCUT2D eigenvalue weighted by atomic mass is 9.74. The third kappa shape index (κ3) is 7.82. The number of benzene rings is 2. The van der Waals surface area contributed by atoms with E-state index in [4.69, 9.17) is 16.3 Å². The topological polar surface area (TPSA) is 58.6 Å². The van der Waals surface area contributed by atoms with Crippen LogP contribution in [0.1, 0.15) is 102 Å². The number of anilines is 1. The molecule has 1 heterocycles. The van der Waals surface area contributed by atoms with Gasteiger partial charge >= 0.3 is 0 Å². The van der Waals surface area contributed by atoms with Crippen molar-refractivity contribution in [2.75, 3.05) is 24.6 Å². The third-order valence-corrected chi connectivity index (χ3v) is 10.5. The summed E-state index contributed by atoms with van der Waals surface area (Å²) in [6.07, 6.45) is 5.46. The predicted octanol–water partition coefficient (Wildman–Crippen LogP) is 8.18. The molecule has 5 nitrogen and oxygen atoms in total. The number of fused-ring (bicyclic) bond motifs is 1. The van der Waals surface area contributed by atoms with Gasteiger partial charge < -0.3 is 9.64 Å². The first-order chi connectivity index (χ1) is 19.2. The molecule has 7 heteroatoms. The van der Waals surface area contributed by atoms with Gasteiger partial charge in [-0.15, -0.1) is 0 Å². The lowest BCUT2D eigenvalue weighted by Crippen LogP contribution is -2.39. The Balaban J connectivity index is 0.00000216. The molecule has 0 saturated heterocycles. The molecule has 0 spiro atoms. The first kappa shape index (κ1) is 32.5. The van der Waals surface area contributed by atoms with E-state index >= 15 is 0 Å². The fourth-order valence-corrected chi connectivity index (χ4v) is 6.83. The van der Waals surface area contributed by atoms with E-state index in [9.17, 15) is 9.00 Å². The van der Waals surface area contributed by atoms with Crippen LogP contribution in [-0.2, 0) is 17.4 Å². The van der Waals surface area contributed by atoms with Crippen LogP contribution in [0, 0.1) is 17.8 Å². The number of aryl methyl sites for hydroxylation is 1. The highest BCUT2D eigenvalue weighted by Crippen LogP contribution is 2.41. The Morgan fingerprint density at radius 3 is 2.52 bits per heavy atom. The predicted molar refractivity (Wildman–Crippen MR) is 170 cm³/mol. The maximum atomic E-state index is 13.1. The van der Waals surface area contributed by atoms with Crippen molar-refractivity contribution in [1.82, 2.24) is 4.72 Å².